The number of hydrogen-bond donors (Lipinski definition) is 0. The minimum absolute atomic E-state index is 0.758. The van der Waals surface area contributed by atoms with E-state index in [-0.39, 0.29) is 0 Å². The van der Waals surface area contributed by atoms with Gasteiger partial charge in [0, 0.05) is 9.99 Å². The van der Waals surface area contributed by atoms with Crippen molar-refractivity contribution in [3.8, 4) is 0 Å². The molecular formula is C8H7IO. The SMILES string of the molecule is O=Cc1cccc(CI)c1. The molecule has 1 rings (SSSR count). The van der Waals surface area contributed by atoms with Crippen molar-refractivity contribution in [1.82, 2.24) is 0 Å². The Morgan fingerprint density at radius 2 is 2.30 bits per heavy atom. The van der Waals surface area contributed by atoms with Crippen molar-refractivity contribution in [1.29, 1.82) is 0 Å². The molecule has 0 spiro atoms. The van der Waals surface area contributed by atoms with Crippen molar-refractivity contribution in [2.45, 2.75) is 4.43 Å². The van der Waals surface area contributed by atoms with Gasteiger partial charge < -0.3 is 0 Å². The van der Waals surface area contributed by atoms with Crippen molar-refractivity contribution in [2.75, 3.05) is 0 Å². The van der Waals surface area contributed by atoms with Crippen LogP contribution in [0.25, 0.3) is 0 Å². The van der Waals surface area contributed by atoms with E-state index in [0.717, 1.165) is 16.3 Å². The molecule has 1 nitrogen and oxygen atoms in total. The number of carbonyl (C=O) groups excluding carboxylic acids is 1. The predicted molar refractivity (Wildman–Crippen MR) is 49.6 cm³/mol. The largest absolute Gasteiger partial charge is 0.298 e. The second-order valence-corrected chi connectivity index (χ2v) is 2.76. The van der Waals surface area contributed by atoms with E-state index in [9.17, 15) is 4.79 Å². The third-order valence-corrected chi connectivity index (χ3v) is 2.12. The summed E-state index contributed by atoms with van der Waals surface area (Å²) in [5, 5.41) is 0. The smallest absolute Gasteiger partial charge is 0.150 e. The zero-order valence-electron chi connectivity index (χ0n) is 5.38. The van der Waals surface area contributed by atoms with Gasteiger partial charge in [-0.2, -0.15) is 0 Å². The summed E-state index contributed by atoms with van der Waals surface area (Å²) in [6.07, 6.45) is 0.871. The Morgan fingerprint density at radius 1 is 1.50 bits per heavy atom. The summed E-state index contributed by atoms with van der Waals surface area (Å²) < 4.78 is 0.958. The highest BCUT2D eigenvalue weighted by molar-refractivity contribution is 14.1. The number of benzene rings is 1. The summed E-state index contributed by atoms with van der Waals surface area (Å²) in [5.41, 5.74) is 1.96. The summed E-state index contributed by atoms with van der Waals surface area (Å²) in [7, 11) is 0. The molecule has 0 saturated carbocycles. The molecule has 0 heterocycles. The van der Waals surface area contributed by atoms with Crippen LogP contribution in [-0.2, 0) is 4.43 Å². The first-order valence-electron chi connectivity index (χ1n) is 2.97. The summed E-state index contributed by atoms with van der Waals surface area (Å²) in [4.78, 5) is 10.3. The Morgan fingerprint density at radius 3 is 2.90 bits per heavy atom. The molecule has 0 saturated heterocycles. The van der Waals surface area contributed by atoms with Crippen LogP contribution in [0.15, 0.2) is 24.3 Å². The average molecular weight is 246 g/mol. The molecule has 0 aromatic heterocycles. The zero-order chi connectivity index (χ0) is 7.40. The third-order valence-electron chi connectivity index (χ3n) is 1.24. The van der Waals surface area contributed by atoms with Gasteiger partial charge in [-0.3, -0.25) is 4.79 Å². The van der Waals surface area contributed by atoms with Crippen molar-refractivity contribution in [3.63, 3.8) is 0 Å². The van der Waals surface area contributed by atoms with Crippen LogP contribution in [0.4, 0.5) is 0 Å². The van der Waals surface area contributed by atoms with E-state index in [2.05, 4.69) is 22.6 Å². The monoisotopic (exact) mass is 246 g/mol. The summed E-state index contributed by atoms with van der Waals surface area (Å²) in [6.45, 7) is 0. The minimum atomic E-state index is 0.758. The molecule has 0 radical (unpaired) electrons. The second kappa shape index (κ2) is 3.71. The molecule has 0 aliphatic rings. The lowest BCUT2D eigenvalue weighted by molar-refractivity contribution is 0.112. The van der Waals surface area contributed by atoms with E-state index < -0.39 is 0 Å². The first-order valence-corrected chi connectivity index (χ1v) is 4.49. The number of carbonyl (C=O) groups is 1. The molecule has 0 fully saturated rings. The third kappa shape index (κ3) is 1.80. The van der Waals surface area contributed by atoms with Crippen molar-refractivity contribution >= 4 is 28.9 Å². The second-order valence-electron chi connectivity index (χ2n) is 2.00. The van der Waals surface area contributed by atoms with Crippen LogP contribution < -0.4 is 0 Å². The van der Waals surface area contributed by atoms with Crippen molar-refractivity contribution in [2.24, 2.45) is 0 Å². The van der Waals surface area contributed by atoms with Crippen molar-refractivity contribution in [3.05, 3.63) is 35.4 Å². The Hall–Kier alpha value is -0.380. The van der Waals surface area contributed by atoms with Gasteiger partial charge in [-0.1, -0.05) is 40.8 Å². The lowest BCUT2D eigenvalue weighted by Crippen LogP contribution is -1.81. The molecule has 52 valence electrons. The number of hydrogen-bond acceptors (Lipinski definition) is 1. The van der Waals surface area contributed by atoms with Gasteiger partial charge in [0.05, 0.1) is 0 Å². The number of alkyl halides is 1. The van der Waals surface area contributed by atoms with Crippen LogP contribution in [0, 0.1) is 0 Å². The number of aldehydes is 1. The molecule has 0 N–H and O–H groups in total. The molecule has 1 aromatic rings. The molecule has 0 unspecified atom stereocenters. The van der Waals surface area contributed by atoms with Gasteiger partial charge in [0.2, 0.25) is 0 Å². The lowest BCUT2D eigenvalue weighted by Gasteiger charge is -1.93. The van der Waals surface area contributed by atoms with Gasteiger partial charge in [-0.05, 0) is 11.6 Å². The highest BCUT2D eigenvalue weighted by Gasteiger charge is 1.90. The molecule has 10 heavy (non-hydrogen) atoms. The van der Waals surface area contributed by atoms with E-state index in [4.69, 9.17) is 0 Å². The molecule has 1 aromatic carbocycles. The van der Waals surface area contributed by atoms with E-state index in [1.807, 2.05) is 24.3 Å². The average Bonchev–Trinajstić information content (AvgIpc) is 2.05. The zero-order valence-corrected chi connectivity index (χ0v) is 7.54. The normalized spacial score (nSPS) is 9.30. The quantitative estimate of drug-likeness (QED) is 0.445. The van der Waals surface area contributed by atoms with Crippen LogP contribution in [0.3, 0.4) is 0 Å². The Bertz CT molecular complexity index is 232. The molecule has 0 amide bonds. The van der Waals surface area contributed by atoms with Crippen LogP contribution in [0.2, 0.25) is 0 Å². The summed E-state index contributed by atoms with van der Waals surface area (Å²) >= 11 is 2.27. The topological polar surface area (TPSA) is 17.1 Å². The molecule has 0 bridgehead atoms. The fourth-order valence-electron chi connectivity index (χ4n) is 0.750. The maximum absolute atomic E-state index is 10.3. The predicted octanol–water partition coefficient (Wildman–Crippen LogP) is 2.43. The van der Waals surface area contributed by atoms with Crippen LogP contribution >= 0.6 is 22.6 Å². The molecule has 0 aliphatic carbocycles. The highest BCUT2D eigenvalue weighted by Crippen LogP contribution is 2.06. The first-order chi connectivity index (χ1) is 4.86. The maximum Gasteiger partial charge on any atom is 0.150 e. The molecular weight excluding hydrogens is 239 g/mol. The highest BCUT2D eigenvalue weighted by atomic mass is 127. The standard InChI is InChI=1S/C8H7IO/c9-5-7-2-1-3-8(4-7)6-10/h1-4,6H,5H2. The fraction of sp³-hybridized carbons (Fsp3) is 0.125. The maximum atomic E-state index is 10.3. The van der Waals surface area contributed by atoms with E-state index in [0.29, 0.717) is 0 Å². The van der Waals surface area contributed by atoms with E-state index >= 15 is 0 Å². The van der Waals surface area contributed by atoms with Crippen molar-refractivity contribution < 1.29 is 4.79 Å². The first kappa shape index (κ1) is 7.72. The Labute approximate surface area is 73.6 Å². The Balaban J connectivity index is 2.98. The van der Waals surface area contributed by atoms with E-state index in [1.54, 1.807) is 0 Å². The molecule has 0 atom stereocenters. The summed E-state index contributed by atoms with van der Waals surface area (Å²) in [5.74, 6) is 0. The lowest BCUT2D eigenvalue weighted by atomic mass is 10.2. The minimum Gasteiger partial charge on any atom is -0.298 e. The van der Waals surface area contributed by atoms with Gasteiger partial charge in [-0.15, -0.1) is 0 Å². The van der Waals surface area contributed by atoms with Gasteiger partial charge in [0.15, 0.2) is 0 Å². The van der Waals surface area contributed by atoms with Gasteiger partial charge in [0.1, 0.15) is 6.29 Å². The summed E-state index contributed by atoms with van der Waals surface area (Å²) in [6, 6.07) is 7.62. The van der Waals surface area contributed by atoms with Gasteiger partial charge >= 0.3 is 0 Å². The molecule has 0 aliphatic heterocycles. The Kier molecular flexibility index (Phi) is 2.86. The number of halogens is 1. The van der Waals surface area contributed by atoms with Crippen LogP contribution in [0.1, 0.15) is 15.9 Å². The molecule has 2 heteroatoms. The van der Waals surface area contributed by atoms with Crippen LogP contribution in [-0.4, -0.2) is 6.29 Å². The van der Waals surface area contributed by atoms with Gasteiger partial charge in [0.25, 0.3) is 0 Å². The van der Waals surface area contributed by atoms with E-state index in [1.165, 1.54) is 5.56 Å². The van der Waals surface area contributed by atoms with Crippen LogP contribution in [0.5, 0.6) is 0 Å². The van der Waals surface area contributed by atoms with Gasteiger partial charge in [-0.25, -0.2) is 0 Å². The fourth-order valence-corrected chi connectivity index (χ4v) is 1.22. The number of rotatable bonds is 2.